The summed E-state index contributed by atoms with van der Waals surface area (Å²) in [7, 11) is 0. The van der Waals surface area contributed by atoms with E-state index < -0.39 is 104 Å². The van der Waals surface area contributed by atoms with Crippen molar-refractivity contribution in [2.75, 3.05) is 13.2 Å². The first kappa shape index (κ1) is 33.2. The highest BCUT2D eigenvalue weighted by Crippen LogP contribution is 2.20. The predicted molar refractivity (Wildman–Crippen MR) is 127 cm³/mol. The van der Waals surface area contributed by atoms with Crippen molar-refractivity contribution in [2.24, 2.45) is 5.73 Å². The van der Waals surface area contributed by atoms with E-state index in [1.165, 1.54) is 0 Å². The van der Waals surface area contributed by atoms with Gasteiger partial charge >= 0.3 is 5.97 Å². The van der Waals surface area contributed by atoms with Crippen LogP contribution in [-0.2, 0) is 38.3 Å². The van der Waals surface area contributed by atoms with Gasteiger partial charge < -0.3 is 57.5 Å². The van der Waals surface area contributed by atoms with Crippen LogP contribution in [0.5, 0.6) is 0 Å². The third-order valence-corrected chi connectivity index (χ3v) is 5.43. The molecule has 0 saturated carbocycles. The zero-order valence-corrected chi connectivity index (χ0v) is 21.2. The molecule has 0 spiro atoms. The first-order chi connectivity index (χ1) is 18.2. The van der Waals surface area contributed by atoms with E-state index in [2.05, 4.69) is 26.6 Å². The smallest absolute Gasteiger partial charge is 0.326 e. The van der Waals surface area contributed by atoms with E-state index in [0.717, 1.165) is 13.8 Å². The lowest BCUT2D eigenvalue weighted by atomic mass is 9.95. The Balaban J connectivity index is 2.95. The van der Waals surface area contributed by atoms with Crippen LogP contribution in [0, 0.1) is 0 Å². The average molecular weight is 563 g/mol. The van der Waals surface area contributed by atoms with Crippen molar-refractivity contribution in [3.8, 4) is 0 Å². The van der Waals surface area contributed by atoms with Gasteiger partial charge in [-0.15, -0.1) is 0 Å². The van der Waals surface area contributed by atoms with Gasteiger partial charge in [-0.25, -0.2) is 4.79 Å². The predicted octanol–water partition coefficient (Wildman–Crippen LogP) is -6.11. The largest absolute Gasteiger partial charge is 0.480 e. The van der Waals surface area contributed by atoms with Gasteiger partial charge in [0.2, 0.25) is 35.4 Å². The van der Waals surface area contributed by atoms with Crippen LogP contribution in [0.4, 0.5) is 0 Å². The van der Waals surface area contributed by atoms with Gasteiger partial charge in [0.15, 0.2) is 6.23 Å². The number of aliphatic carboxylic acids is 1. The summed E-state index contributed by atoms with van der Waals surface area (Å²) in [5, 5.41) is 50.3. The Kier molecular flexibility index (Phi) is 13.2. The van der Waals surface area contributed by atoms with Crippen molar-refractivity contribution in [1.29, 1.82) is 0 Å². The van der Waals surface area contributed by atoms with Crippen LogP contribution in [0.25, 0.3) is 0 Å². The Bertz CT molecular complexity index is 946. The van der Waals surface area contributed by atoms with Gasteiger partial charge in [-0.05, 0) is 6.42 Å². The summed E-state index contributed by atoms with van der Waals surface area (Å²) in [4.78, 5) is 82.8. The maximum atomic E-state index is 12.7. The fourth-order valence-corrected chi connectivity index (χ4v) is 3.52. The number of carbonyl (C=O) groups is 7. The lowest BCUT2D eigenvalue weighted by Gasteiger charge is -2.42. The molecule has 1 rings (SSSR count). The van der Waals surface area contributed by atoms with Crippen LogP contribution in [0.3, 0.4) is 0 Å². The maximum Gasteiger partial charge on any atom is 0.326 e. The topological polar surface area (TPSA) is 296 Å². The summed E-state index contributed by atoms with van der Waals surface area (Å²) in [5.74, 6) is -6.58. The molecule has 0 aromatic rings. The van der Waals surface area contributed by atoms with Gasteiger partial charge in [-0.3, -0.25) is 28.8 Å². The van der Waals surface area contributed by atoms with Crippen LogP contribution >= 0.6 is 0 Å². The summed E-state index contributed by atoms with van der Waals surface area (Å²) >= 11 is 0. The standard InChI is InChI=1S/C21H34N6O12/c1-8(29)23-6-15(33)25-10(3-4-13(22)31)19(36)26-11(21(37)38)5-14(32)27-20-16(24-9(2)30)18(35)17(34)12(7-28)39-20/h10-12,16-18,20,28,34-35H,3-7H2,1-2H3,(H2,22,31)(H,23,29)(H,24,30)(H,25,33)(H,26,36)(H,27,32)(H,37,38)/t10-,11-,12+,16+,17+,18+,20+/m0/s1. The third-order valence-electron chi connectivity index (χ3n) is 5.43. The molecule has 18 heteroatoms. The molecule has 1 aliphatic heterocycles. The van der Waals surface area contributed by atoms with Crippen molar-refractivity contribution in [1.82, 2.24) is 26.6 Å². The molecule has 0 bridgehead atoms. The number of nitrogens with two attached hydrogens (primary N) is 1. The minimum atomic E-state index is -1.85. The SMILES string of the molecule is CC(=O)NCC(=O)N[C@@H](CCC(N)=O)C(=O)N[C@@H](CC(=O)N[C@@H]1O[C@H](CO)[C@@H](O)[C@H](O)[C@H]1NC(C)=O)C(=O)O. The van der Waals surface area contributed by atoms with E-state index in [-0.39, 0.29) is 12.8 Å². The van der Waals surface area contributed by atoms with Gasteiger partial charge in [0.1, 0.15) is 36.4 Å². The highest BCUT2D eigenvalue weighted by molar-refractivity contribution is 5.93. The minimum Gasteiger partial charge on any atom is -0.480 e. The van der Waals surface area contributed by atoms with Crippen LogP contribution in [0.1, 0.15) is 33.1 Å². The van der Waals surface area contributed by atoms with E-state index >= 15 is 0 Å². The molecule has 1 saturated heterocycles. The number of nitrogens with one attached hydrogen (secondary N) is 5. The lowest BCUT2D eigenvalue weighted by molar-refractivity contribution is -0.203. The number of carboxylic acids is 1. The Morgan fingerprint density at radius 2 is 1.54 bits per heavy atom. The summed E-state index contributed by atoms with van der Waals surface area (Å²) < 4.78 is 5.34. The second-order valence-electron chi connectivity index (χ2n) is 8.69. The molecule has 0 aromatic carbocycles. The van der Waals surface area contributed by atoms with Gasteiger partial charge in [-0.2, -0.15) is 0 Å². The zero-order chi connectivity index (χ0) is 29.9. The molecule has 39 heavy (non-hydrogen) atoms. The molecular formula is C21H34N6O12. The van der Waals surface area contributed by atoms with Gasteiger partial charge in [0.25, 0.3) is 0 Å². The van der Waals surface area contributed by atoms with Crippen LogP contribution < -0.4 is 32.3 Å². The molecule has 1 aliphatic rings. The monoisotopic (exact) mass is 562 g/mol. The normalized spacial score (nSPS) is 23.9. The second-order valence-corrected chi connectivity index (χ2v) is 8.69. The van der Waals surface area contributed by atoms with E-state index in [4.69, 9.17) is 10.5 Å². The Hall–Kier alpha value is -3.87. The molecule has 1 fully saturated rings. The summed E-state index contributed by atoms with van der Waals surface area (Å²) in [6.45, 7) is 0.977. The molecule has 18 nitrogen and oxygen atoms in total. The molecular weight excluding hydrogens is 528 g/mol. The van der Waals surface area contributed by atoms with Crippen molar-refractivity contribution >= 4 is 41.4 Å². The number of aliphatic hydroxyl groups excluding tert-OH is 3. The van der Waals surface area contributed by atoms with Crippen molar-refractivity contribution in [3.63, 3.8) is 0 Å². The molecule has 7 atom stereocenters. The highest BCUT2D eigenvalue weighted by Gasteiger charge is 2.45. The fourth-order valence-electron chi connectivity index (χ4n) is 3.52. The maximum absolute atomic E-state index is 12.7. The van der Waals surface area contributed by atoms with E-state index in [9.17, 15) is 54.0 Å². The number of carbonyl (C=O) groups excluding carboxylic acids is 6. The number of primary amides is 1. The Morgan fingerprint density at radius 3 is 2.05 bits per heavy atom. The molecule has 1 heterocycles. The summed E-state index contributed by atoms with van der Waals surface area (Å²) in [6, 6.07) is -4.68. The number of aliphatic hydroxyl groups is 3. The molecule has 220 valence electrons. The number of rotatable bonds is 14. The third kappa shape index (κ3) is 11.2. The van der Waals surface area contributed by atoms with E-state index in [1.807, 2.05) is 0 Å². The van der Waals surface area contributed by atoms with Crippen molar-refractivity contribution < 1.29 is 58.7 Å². The summed E-state index contributed by atoms with van der Waals surface area (Å²) in [5.41, 5.74) is 5.08. The van der Waals surface area contributed by atoms with E-state index in [0.29, 0.717) is 0 Å². The van der Waals surface area contributed by atoms with E-state index in [1.54, 1.807) is 0 Å². The average Bonchev–Trinajstić information content (AvgIpc) is 2.83. The molecule has 6 amide bonds. The molecule has 11 N–H and O–H groups in total. The second kappa shape index (κ2) is 15.5. The zero-order valence-electron chi connectivity index (χ0n) is 21.2. The Morgan fingerprint density at radius 1 is 0.897 bits per heavy atom. The number of hydrogen-bond donors (Lipinski definition) is 10. The molecule has 0 aromatic heterocycles. The summed E-state index contributed by atoms with van der Waals surface area (Å²) in [6.07, 6.45) is -7.71. The van der Waals surface area contributed by atoms with Gasteiger partial charge in [0, 0.05) is 20.3 Å². The first-order valence-electron chi connectivity index (χ1n) is 11.7. The number of carboxylic acid groups (broad SMARTS) is 1. The molecule has 0 unspecified atom stereocenters. The van der Waals surface area contributed by atoms with Crippen LogP contribution in [0.2, 0.25) is 0 Å². The highest BCUT2D eigenvalue weighted by atomic mass is 16.5. The minimum absolute atomic E-state index is 0.317. The number of ether oxygens (including phenoxy) is 1. The first-order valence-corrected chi connectivity index (χ1v) is 11.7. The lowest BCUT2D eigenvalue weighted by Crippen LogP contribution is -2.68. The fraction of sp³-hybridized carbons (Fsp3) is 0.667. The Labute approximate surface area is 222 Å². The van der Waals surface area contributed by atoms with Crippen molar-refractivity contribution in [3.05, 3.63) is 0 Å². The molecule has 0 aliphatic carbocycles. The number of hydrogen-bond acceptors (Lipinski definition) is 11. The quantitative estimate of drug-likeness (QED) is 0.0946. The van der Waals surface area contributed by atoms with Crippen LogP contribution in [0.15, 0.2) is 0 Å². The van der Waals surface area contributed by atoms with Gasteiger partial charge in [0.05, 0.1) is 19.6 Å². The van der Waals surface area contributed by atoms with Crippen LogP contribution in [-0.4, -0.2) is 118 Å². The van der Waals surface area contributed by atoms with Crippen molar-refractivity contribution in [2.45, 2.75) is 75.8 Å². The number of amides is 6. The molecule has 0 radical (unpaired) electrons. The van der Waals surface area contributed by atoms with Gasteiger partial charge in [-0.1, -0.05) is 0 Å².